The smallest absolute Gasteiger partial charge is 0.0248 e. The molecule has 0 saturated carbocycles. The van der Waals surface area contributed by atoms with Crippen LogP contribution in [0, 0.1) is 11.8 Å². The molecule has 1 unspecified atom stereocenters. The summed E-state index contributed by atoms with van der Waals surface area (Å²) in [7, 11) is 0. The summed E-state index contributed by atoms with van der Waals surface area (Å²) in [5.74, 6) is 1.81. The minimum atomic E-state index is 0.865. The summed E-state index contributed by atoms with van der Waals surface area (Å²) < 4.78 is 0. The predicted molar refractivity (Wildman–Crippen MR) is 57.6 cm³/mol. The molecule has 0 spiro atoms. The van der Waals surface area contributed by atoms with Crippen molar-refractivity contribution in [2.75, 3.05) is 0 Å². The number of allylic oxidation sites excluding steroid dienone is 4. The van der Waals surface area contributed by atoms with E-state index in [9.17, 15) is 0 Å². The molecular weight excluding hydrogens is 156 g/mol. The van der Waals surface area contributed by atoms with Gasteiger partial charge in [-0.2, -0.15) is 0 Å². The van der Waals surface area contributed by atoms with Gasteiger partial charge in [-0.15, -0.1) is 0 Å². The molecule has 0 aromatic rings. The SMILES string of the molecule is CC(C)C1CCC2=C(C=CCC2)C1. The molecule has 2 rings (SSSR count). The molecule has 0 N–H and O–H groups in total. The van der Waals surface area contributed by atoms with E-state index >= 15 is 0 Å². The summed E-state index contributed by atoms with van der Waals surface area (Å²) in [5.41, 5.74) is 3.44. The number of hydrogen-bond donors (Lipinski definition) is 0. The molecule has 0 heterocycles. The minimum Gasteiger partial charge on any atom is -0.0839 e. The van der Waals surface area contributed by atoms with Gasteiger partial charge in [-0.25, -0.2) is 0 Å². The van der Waals surface area contributed by atoms with Crippen LogP contribution in [-0.2, 0) is 0 Å². The van der Waals surface area contributed by atoms with Gasteiger partial charge in [0.15, 0.2) is 0 Å². The molecule has 0 heteroatoms. The van der Waals surface area contributed by atoms with Gasteiger partial charge >= 0.3 is 0 Å². The summed E-state index contributed by atoms with van der Waals surface area (Å²) in [4.78, 5) is 0. The maximum Gasteiger partial charge on any atom is -0.0248 e. The molecular formula is C13H20. The van der Waals surface area contributed by atoms with E-state index in [1.54, 1.807) is 11.1 Å². The minimum absolute atomic E-state index is 0.865. The van der Waals surface area contributed by atoms with Crippen molar-refractivity contribution >= 4 is 0 Å². The van der Waals surface area contributed by atoms with Crippen LogP contribution in [0.1, 0.15) is 46.0 Å². The van der Waals surface area contributed by atoms with E-state index < -0.39 is 0 Å². The lowest BCUT2D eigenvalue weighted by Crippen LogP contribution is -2.16. The fourth-order valence-electron chi connectivity index (χ4n) is 2.57. The zero-order chi connectivity index (χ0) is 9.26. The van der Waals surface area contributed by atoms with Crippen LogP contribution >= 0.6 is 0 Å². The summed E-state index contributed by atoms with van der Waals surface area (Å²) in [5, 5.41) is 0. The van der Waals surface area contributed by atoms with E-state index in [4.69, 9.17) is 0 Å². The van der Waals surface area contributed by atoms with Crippen LogP contribution in [0.5, 0.6) is 0 Å². The quantitative estimate of drug-likeness (QED) is 0.564. The van der Waals surface area contributed by atoms with Gasteiger partial charge in [0.2, 0.25) is 0 Å². The molecule has 2 aliphatic carbocycles. The van der Waals surface area contributed by atoms with E-state index in [1.165, 1.54) is 32.1 Å². The van der Waals surface area contributed by atoms with Crippen molar-refractivity contribution in [3.8, 4) is 0 Å². The highest BCUT2D eigenvalue weighted by Crippen LogP contribution is 2.37. The summed E-state index contributed by atoms with van der Waals surface area (Å²) in [6.07, 6.45) is 11.5. The van der Waals surface area contributed by atoms with E-state index in [1.807, 2.05) is 0 Å². The summed E-state index contributed by atoms with van der Waals surface area (Å²) >= 11 is 0. The van der Waals surface area contributed by atoms with E-state index in [2.05, 4.69) is 26.0 Å². The lowest BCUT2D eigenvalue weighted by molar-refractivity contribution is 0.341. The Balaban J connectivity index is 2.10. The third kappa shape index (κ3) is 1.87. The van der Waals surface area contributed by atoms with Crippen molar-refractivity contribution in [1.29, 1.82) is 0 Å². The first kappa shape index (κ1) is 9.05. The van der Waals surface area contributed by atoms with Crippen LogP contribution in [0.4, 0.5) is 0 Å². The van der Waals surface area contributed by atoms with Gasteiger partial charge in [-0.1, -0.05) is 31.6 Å². The van der Waals surface area contributed by atoms with Crippen molar-refractivity contribution < 1.29 is 0 Å². The Morgan fingerprint density at radius 1 is 1.31 bits per heavy atom. The van der Waals surface area contributed by atoms with Crippen LogP contribution < -0.4 is 0 Å². The number of rotatable bonds is 1. The topological polar surface area (TPSA) is 0 Å². The van der Waals surface area contributed by atoms with Crippen LogP contribution in [0.15, 0.2) is 23.3 Å². The average molecular weight is 176 g/mol. The highest BCUT2D eigenvalue weighted by molar-refractivity contribution is 5.31. The summed E-state index contributed by atoms with van der Waals surface area (Å²) in [6, 6.07) is 0. The first-order valence-electron chi connectivity index (χ1n) is 5.65. The molecule has 72 valence electrons. The Morgan fingerprint density at radius 2 is 2.15 bits per heavy atom. The molecule has 13 heavy (non-hydrogen) atoms. The molecule has 1 atom stereocenters. The van der Waals surface area contributed by atoms with Gasteiger partial charge in [0, 0.05) is 0 Å². The first-order chi connectivity index (χ1) is 6.27. The molecule has 0 nitrogen and oxygen atoms in total. The second-order valence-corrected chi connectivity index (χ2v) is 4.82. The van der Waals surface area contributed by atoms with Crippen molar-refractivity contribution in [3.63, 3.8) is 0 Å². The monoisotopic (exact) mass is 176 g/mol. The Morgan fingerprint density at radius 3 is 2.92 bits per heavy atom. The van der Waals surface area contributed by atoms with E-state index in [0.717, 1.165) is 11.8 Å². The maximum absolute atomic E-state index is 2.38. The van der Waals surface area contributed by atoms with Gasteiger partial charge in [-0.05, 0) is 49.5 Å². The second kappa shape index (κ2) is 3.69. The zero-order valence-corrected chi connectivity index (χ0v) is 8.84. The Kier molecular flexibility index (Phi) is 2.57. The van der Waals surface area contributed by atoms with E-state index in [-0.39, 0.29) is 0 Å². The molecule has 2 aliphatic rings. The van der Waals surface area contributed by atoms with Crippen LogP contribution in [-0.4, -0.2) is 0 Å². The number of hydrogen-bond acceptors (Lipinski definition) is 0. The largest absolute Gasteiger partial charge is 0.0839 e. The predicted octanol–water partition coefficient (Wildman–Crippen LogP) is 4.09. The Labute approximate surface area is 81.7 Å². The zero-order valence-electron chi connectivity index (χ0n) is 8.84. The lowest BCUT2D eigenvalue weighted by atomic mass is 9.76. The van der Waals surface area contributed by atoms with Crippen molar-refractivity contribution in [1.82, 2.24) is 0 Å². The van der Waals surface area contributed by atoms with Gasteiger partial charge in [0.1, 0.15) is 0 Å². The van der Waals surface area contributed by atoms with E-state index in [0.29, 0.717) is 0 Å². The molecule has 0 aromatic carbocycles. The standard InChI is InChI=1S/C13H20/c1-10(2)12-8-7-11-5-3-4-6-13(11)9-12/h4,6,10,12H,3,5,7-9H2,1-2H3. The molecule has 0 amide bonds. The van der Waals surface area contributed by atoms with Gasteiger partial charge in [0.05, 0.1) is 0 Å². The first-order valence-corrected chi connectivity index (χ1v) is 5.65. The van der Waals surface area contributed by atoms with Crippen molar-refractivity contribution in [3.05, 3.63) is 23.3 Å². The fraction of sp³-hybridized carbons (Fsp3) is 0.692. The van der Waals surface area contributed by atoms with Crippen molar-refractivity contribution in [2.24, 2.45) is 11.8 Å². The van der Waals surface area contributed by atoms with Crippen LogP contribution in [0.25, 0.3) is 0 Å². The van der Waals surface area contributed by atoms with Crippen molar-refractivity contribution in [2.45, 2.75) is 46.0 Å². The third-order valence-electron chi connectivity index (χ3n) is 3.63. The fourth-order valence-corrected chi connectivity index (χ4v) is 2.57. The Bertz CT molecular complexity index is 243. The molecule has 0 aliphatic heterocycles. The second-order valence-electron chi connectivity index (χ2n) is 4.82. The normalized spacial score (nSPS) is 28.1. The van der Waals surface area contributed by atoms with Gasteiger partial charge in [-0.3, -0.25) is 0 Å². The van der Waals surface area contributed by atoms with Gasteiger partial charge < -0.3 is 0 Å². The average Bonchev–Trinajstić information content (AvgIpc) is 2.17. The molecule has 0 fully saturated rings. The highest BCUT2D eigenvalue weighted by Gasteiger charge is 2.22. The Hall–Kier alpha value is -0.520. The molecule has 0 aromatic heterocycles. The summed E-state index contributed by atoms with van der Waals surface area (Å²) in [6.45, 7) is 4.73. The molecule has 0 radical (unpaired) electrons. The van der Waals surface area contributed by atoms with Gasteiger partial charge in [0.25, 0.3) is 0 Å². The maximum atomic E-state index is 2.38. The third-order valence-corrected chi connectivity index (χ3v) is 3.63. The highest BCUT2D eigenvalue weighted by atomic mass is 14.3. The molecule has 0 saturated heterocycles. The van der Waals surface area contributed by atoms with Crippen LogP contribution in [0.2, 0.25) is 0 Å². The van der Waals surface area contributed by atoms with Crippen LogP contribution in [0.3, 0.4) is 0 Å². The molecule has 0 bridgehead atoms. The lowest BCUT2D eigenvalue weighted by Gasteiger charge is -2.30.